The van der Waals surface area contributed by atoms with Crippen molar-refractivity contribution in [1.82, 2.24) is 9.88 Å². The SMILES string of the molecule is C=C[C@H]1CN2CC[C@H]1CC2/C(=N\O)c1ccnc2ccc(OC)cc12. The Labute approximate surface area is 147 Å². The predicted molar refractivity (Wildman–Crippen MR) is 98.4 cm³/mol. The zero-order chi connectivity index (χ0) is 17.4. The zero-order valence-corrected chi connectivity index (χ0v) is 14.4. The molecule has 25 heavy (non-hydrogen) atoms. The zero-order valence-electron chi connectivity index (χ0n) is 14.4. The van der Waals surface area contributed by atoms with Crippen LogP contribution in [0.4, 0.5) is 0 Å². The van der Waals surface area contributed by atoms with Gasteiger partial charge in [-0.1, -0.05) is 11.2 Å². The van der Waals surface area contributed by atoms with E-state index in [-0.39, 0.29) is 6.04 Å². The van der Waals surface area contributed by atoms with E-state index in [1.165, 1.54) is 6.42 Å². The molecule has 0 radical (unpaired) electrons. The summed E-state index contributed by atoms with van der Waals surface area (Å²) in [6.45, 7) is 6.02. The molecule has 0 spiro atoms. The molecule has 3 aliphatic heterocycles. The molecule has 130 valence electrons. The van der Waals surface area contributed by atoms with Gasteiger partial charge in [0.25, 0.3) is 0 Å². The Hall–Kier alpha value is -2.40. The first kappa shape index (κ1) is 16.1. The number of benzene rings is 1. The van der Waals surface area contributed by atoms with Crippen molar-refractivity contribution in [1.29, 1.82) is 0 Å². The molecule has 0 saturated carbocycles. The quantitative estimate of drug-likeness (QED) is 0.402. The smallest absolute Gasteiger partial charge is 0.119 e. The molecule has 2 bridgehead atoms. The molecule has 2 aromatic rings. The second-order valence-electron chi connectivity index (χ2n) is 6.92. The van der Waals surface area contributed by atoms with Gasteiger partial charge in [-0.2, -0.15) is 0 Å². The molecule has 1 aromatic heterocycles. The topological polar surface area (TPSA) is 58.0 Å². The van der Waals surface area contributed by atoms with E-state index >= 15 is 0 Å². The van der Waals surface area contributed by atoms with Gasteiger partial charge in [0.05, 0.1) is 18.7 Å². The highest BCUT2D eigenvalue weighted by molar-refractivity contribution is 6.12. The number of ether oxygens (including phenoxy) is 1. The third kappa shape index (κ3) is 2.68. The lowest BCUT2D eigenvalue weighted by atomic mass is 9.74. The summed E-state index contributed by atoms with van der Waals surface area (Å²) >= 11 is 0. The molecule has 5 heteroatoms. The lowest BCUT2D eigenvalue weighted by Gasteiger charge is -2.49. The monoisotopic (exact) mass is 337 g/mol. The number of oxime groups is 1. The summed E-state index contributed by atoms with van der Waals surface area (Å²) in [5.74, 6) is 1.93. The van der Waals surface area contributed by atoms with E-state index in [4.69, 9.17) is 4.74 Å². The van der Waals surface area contributed by atoms with Crippen LogP contribution in [0.15, 0.2) is 48.3 Å². The highest BCUT2D eigenvalue weighted by atomic mass is 16.5. The summed E-state index contributed by atoms with van der Waals surface area (Å²) in [5, 5.41) is 14.6. The van der Waals surface area contributed by atoms with Crippen molar-refractivity contribution in [2.75, 3.05) is 20.2 Å². The summed E-state index contributed by atoms with van der Waals surface area (Å²) in [4.78, 5) is 6.86. The Balaban J connectivity index is 1.75. The number of rotatable bonds is 4. The summed E-state index contributed by atoms with van der Waals surface area (Å²) < 4.78 is 5.36. The van der Waals surface area contributed by atoms with Gasteiger partial charge < -0.3 is 9.94 Å². The van der Waals surface area contributed by atoms with Crippen molar-refractivity contribution in [3.63, 3.8) is 0 Å². The summed E-state index contributed by atoms with van der Waals surface area (Å²) in [6.07, 6.45) is 6.05. The molecule has 3 fully saturated rings. The molecule has 5 rings (SSSR count). The Morgan fingerprint density at radius 2 is 2.32 bits per heavy atom. The third-order valence-electron chi connectivity index (χ3n) is 5.76. The number of fused-ring (bicyclic) bond motifs is 4. The van der Waals surface area contributed by atoms with Crippen molar-refractivity contribution >= 4 is 16.6 Å². The van der Waals surface area contributed by atoms with Crippen molar-refractivity contribution in [3.8, 4) is 5.75 Å². The normalized spacial score (nSPS) is 28.9. The maximum atomic E-state index is 9.86. The van der Waals surface area contributed by atoms with Gasteiger partial charge in [-0.15, -0.1) is 6.58 Å². The second-order valence-corrected chi connectivity index (χ2v) is 6.92. The first-order valence-electron chi connectivity index (χ1n) is 8.77. The van der Waals surface area contributed by atoms with Gasteiger partial charge >= 0.3 is 0 Å². The largest absolute Gasteiger partial charge is 0.497 e. The van der Waals surface area contributed by atoms with Crippen LogP contribution in [0.25, 0.3) is 10.9 Å². The molecule has 4 atom stereocenters. The number of hydrogen-bond donors (Lipinski definition) is 1. The first-order chi connectivity index (χ1) is 12.2. The Kier molecular flexibility index (Phi) is 4.17. The standard InChI is InChI=1S/C20H23N3O2/c1-3-13-12-23-9-7-14(13)10-19(23)20(22-24)16-6-8-21-18-5-4-15(25-2)11-17(16)18/h3-6,8,11,13-14,19,24H,1,7,9-10,12H2,2H3/b22-20-/t13-,14-,19?/m0/s1. The number of methoxy groups -OCH3 is 1. The lowest BCUT2D eigenvalue weighted by molar-refractivity contribution is 0.0475. The third-order valence-corrected chi connectivity index (χ3v) is 5.76. The molecule has 3 saturated heterocycles. The summed E-state index contributed by atoms with van der Waals surface area (Å²) in [5.41, 5.74) is 2.53. The van der Waals surface area contributed by atoms with Gasteiger partial charge in [0.15, 0.2) is 0 Å². The highest BCUT2D eigenvalue weighted by Crippen LogP contribution is 2.38. The second kappa shape index (κ2) is 6.48. The predicted octanol–water partition coefficient (Wildman–Crippen LogP) is 3.32. The minimum absolute atomic E-state index is 0.136. The molecule has 1 aromatic carbocycles. The number of hydrogen-bond acceptors (Lipinski definition) is 5. The van der Waals surface area contributed by atoms with E-state index < -0.39 is 0 Å². The van der Waals surface area contributed by atoms with Crippen LogP contribution in [0.1, 0.15) is 18.4 Å². The van der Waals surface area contributed by atoms with Crippen LogP contribution < -0.4 is 4.74 Å². The molecule has 5 nitrogen and oxygen atoms in total. The van der Waals surface area contributed by atoms with Gasteiger partial charge in [-0.3, -0.25) is 9.88 Å². The average molecular weight is 337 g/mol. The van der Waals surface area contributed by atoms with E-state index in [0.29, 0.717) is 11.8 Å². The fourth-order valence-electron chi connectivity index (χ4n) is 4.40. The minimum Gasteiger partial charge on any atom is -0.497 e. The van der Waals surface area contributed by atoms with Crippen molar-refractivity contribution in [2.24, 2.45) is 17.0 Å². The van der Waals surface area contributed by atoms with Crippen molar-refractivity contribution < 1.29 is 9.94 Å². The molecule has 2 unspecified atom stereocenters. The number of piperidine rings is 3. The Morgan fingerprint density at radius 3 is 3.00 bits per heavy atom. The van der Waals surface area contributed by atoms with Gasteiger partial charge in [-0.25, -0.2) is 0 Å². The van der Waals surface area contributed by atoms with E-state index in [9.17, 15) is 5.21 Å². The van der Waals surface area contributed by atoms with Crippen LogP contribution in [-0.2, 0) is 0 Å². The number of pyridine rings is 1. The Bertz CT molecular complexity index is 833. The van der Waals surface area contributed by atoms with Crippen LogP contribution in [-0.4, -0.2) is 47.0 Å². The minimum atomic E-state index is 0.136. The Morgan fingerprint density at radius 1 is 1.44 bits per heavy atom. The van der Waals surface area contributed by atoms with Gasteiger partial charge in [0.1, 0.15) is 11.5 Å². The maximum absolute atomic E-state index is 9.86. The molecule has 3 aliphatic rings. The van der Waals surface area contributed by atoms with E-state index in [1.54, 1.807) is 13.3 Å². The lowest BCUT2D eigenvalue weighted by Crippen LogP contribution is -2.56. The molecule has 1 N–H and O–H groups in total. The summed E-state index contributed by atoms with van der Waals surface area (Å²) in [6, 6.07) is 7.87. The van der Waals surface area contributed by atoms with Gasteiger partial charge in [0.2, 0.25) is 0 Å². The first-order valence-corrected chi connectivity index (χ1v) is 8.77. The highest BCUT2D eigenvalue weighted by Gasteiger charge is 2.41. The average Bonchev–Trinajstić information content (AvgIpc) is 2.68. The van der Waals surface area contributed by atoms with Gasteiger partial charge in [0, 0.05) is 23.7 Å². The molecular weight excluding hydrogens is 314 g/mol. The number of aromatic nitrogens is 1. The van der Waals surface area contributed by atoms with Crippen LogP contribution in [0.2, 0.25) is 0 Å². The fraction of sp³-hybridized carbons (Fsp3) is 0.400. The fourth-order valence-corrected chi connectivity index (χ4v) is 4.40. The van der Waals surface area contributed by atoms with Crippen LogP contribution in [0, 0.1) is 11.8 Å². The molecule has 4 heterocycles. The number of nitrogens with zero attached hydrogens (tertiary/aromatic N) is 3. The van der Waals surface area contributed by atoms with E-state index in [0.717, 1.165) is 47.4 Å². The van der Waals surface area contributed by atoms with E-state index in [2.05, 4.69) is 27.7 Å². The molecule has 0 amide bonds. The van der Waals surface area contributed by atoms with Crippen molar-refractivity contribution in [3.05, 3.63) is 48.7 Å². The van der Waals surface area contributed by atoms with Crippen LogP contribution in [0.3, 0.4) is 0 Å². The van der Waals surface area contributed by atoms with Crippen molar-refractivity contribution in [2.45, 2.75) is 18.9 Å². The van der Waals surface area contributed by atoms with Crippen LogP contribution in [0.5, 0.6) is 5.75 Å². The summed E-state index contributed by atoms with van der Waals surface area (Å²) in [7, 11) is 1.65. The maximum Gasteiger partial charge on any atom is 0.119 e. The van der Waals surface area contributed by atoms with Crippen LogP contribution >= 0.6 is 0 Å². The van der Waals surface area contributed by atoms with Gasteiger partial charge in [-0.05, 0) is 55.5 Å². The molecular formula is C20H23N3O2. The molecule has 0 aliphatic carbocycles. The van der Waals surface area contributed by atoms with E-state index in [1.807, 2.05) is 24.3 Å².